The minimum atomic E-state index is -3.93. The molecule has 2 N–H and O–H groups in total. The molecule has 4 rings (SSSR count). The molecule has 1 aliphatic carbocycles. The molecule has 0 bridgehead atoms. The second-order valence-electron chi connectivity index (χ2n) is 7.23. The molecule has 12 heteroatoms. The molecule has 1 aromatic carbocycles. The third-order valence-electron chi connectivity index (χ3n) is 5.20. The molecule has 0 spiro atoms. The molecule has 0 aliphatic heterocycles. The van der Waals surface area contributed by atoms with Crippen molar-refractivity contribution in [1.29, 1.82) is 0 Å². The minimum absolute atomic E-state index is 0.00376. The van der Waals surface area contributed by atoms with Crippen LogP contribution in [0.1, 0.15) is 25.7 Å². The fourth-order valence-electron chi connectivity index (χ4n) is 3.70. The van der Waals surface area contributed by atoms with Gasteiger partial charge in [0.15, 0.2) is 0 Å². The van der Waals surface area contributed by atoms with E-state index in [4.69, 9.17) is 0 Å². The van der Waals surface area contributed by atoms with E-state index in [-0.39, 0.29) is 13.8 Å². The molecule has 1 saturated carbocycles. The van der Waals surface area contributed by atoms with Crippen LogP contribution in [0.15, 0.2) is 49.6 Å². The third kappa shape index (κ3) is 4.25. The van der Waals surface area contributed by atoms with Crippen LogP contribution in [0.5, 0.6) is 0 Å². The van der Waals surface area contributed by atoms with Crippen molar-refractivity contribution in [3.63, 3.8) is 0 Å². The zero-order valence-electron chi connectivity index (χ0n) is 16.1. The maximum absolute atomic E-state index is 13.0. The summed E-state index contributed by atoms with van der Waals surface area (Å²) in [5.74, 6) is 0. The summed E-state index contributed by atoms with van der Waals surface area (Å²) >= 11 is 2.13. The van der Waals surface area contributed by atoms with Crippen molar-refractivity contribution < 1.29 is 16.8 Å². The lowest BCUT2D eigenvalue weighted by Gasteiger charge is -2.32. The van der Waals surface area contributed by atoms with E-state index in [1.807, 2.05) is 0 Å². The largest absolute Gasteiger partial charge is 0.297 e. The van der Waals surface area contributed by atoms with Gasteiger partial charge in [0, 0.05) is 19.1 Å². The van der Waals surface area contributed by atoms with Crippen LogP contribution >= 0.6 is 22.9 Å². The quantitative estimate of drug-likeness (QED) is 0.553. The molecule has 1 aliphatic rings. The Morgan fingerprint density at radius 1 is 1.00 bits per heavy atom. The van der Waals surface area contributed by atoms with Crippen molar-refractivity contribution in [2.75, 3.05) is 0 Å². The van der Waals surface area contributed by atoms with E-state index in [1.54, 1.807) is 28.5 Å². The topological polar surface area (TPSA) is 114 Å². The first-order valence-corrected chi connectivity index (χ1v) is 14.0. The molecule has 0 saturated heterocycles. The van der Waals surface area contributed by atoms with Crippen LogP contribution in [0.2, 0.25) is 0 Å². The first kappa shape index (κ1) is 21.7. The van der Waals surface area contributed by atoms with E-state index in [0.29, 0.717) is 23.7 Å². The number of nitrogens with one attached hydrogen (secondary N) is 2. The minimum Gasteiger partial charge on any atom is -0.297 e. The first-order chi connectivity index (χ1) is 14.2. The number of fused-ring (bicyclic) bond motifs is 1. The normalized spacial score (nSPS) is 20.6. The number of thiophene rings is 1. The lowest BCUT2D eigenvalue weighted by Crippen LogP contribution is -2.52. The zero-order chi connectivity index (χ0) is 21.5. The van der Waals surface area contributed by atoms with E-state index < -0.39 is 32.1 Å². The summed E-state index contributed by atoms with van der Waals surface area (Å²) in [7, 11) is -5.89. The van der Waals surface area contributed by atoms with Gasteiger partial charge in [-0.1, -0.05) is 18.9 Å². The summed E-state index contributed by atoms with van der Waals surface area (Å²) in [6, 6.07) is 6.52. The van der Waals surface area contributed by atoms with Gasteiger partial charge in [-0.2, -0.15) is 0 Å². The van der Waals surface area contributed by atoms with Gasteiger partial charge in [-0.3, -0.25) is 8.75 Å². The molecule has 2 heterocycles. The van der Waals surface area contributed by atoms with E-state index >= 15 is 0 Å². The highest BCUT2D eigenvalue weighted by molar-refractivity contribution is 7.91. The highest BCUT2D eigenvalue weighted by Gasteiger charge is 2.33. The van der Waals surface area contributed by atoms with Crippen molar-refractivity contribution in [3.05, 3.63) is 45.2 Å². The summed E-state index contributed by atoms with van der Waals surface area (Å²) in [4.78, 5) is 12.1. The van der Waals surface area contributed by atoms with Crippen LogP contribution in [0.3, 0.4) is 0 Å². The van der Waals surface area contributed by atoms with Crippen molar-refractivity contribution in [3.8, 4) is 0 Å². The van der Waals surface area contributed by atoms with Gasteiger partial charge in [-0.25, -0.2) is 26.3 Å². The summed E-state index contributed by atoms with van der Waals surface area (Å²) in [6.45, 7) is 0. The molecule has 0 unspecified atom stereocenters. The summed E-state index contributed by atoms with van der Waals surface area (Å²) in [5.41, 5.74) is 0.670. The lowest BCUT2D eigenvalue weighted by atomic mass is 9.92. The van der Waals surface area contributed by atoms with E-state index in [9.17, 15) is 21.6 Å². The smallest absolute Gasteiger partial charge is 0.257 e. The third-order valence-corrected chi connectivity index (χ3v) is 10.4. The van der Waals surface area contributed by atoms with Crippen LogP contribution in [-0.4, -0.2) is 32.9 Å². The molecule has 162 valence electrons. The Balaban J connectivity index is 1.59. The Kier molecular flexibility index (Phi) is 5.90. The van der Waals surface area contributed by atoms with Gasteiger partial charge in [0.2, 0.25) is 20.0 Å². The van der Waals surface area contributed by atoms with Crippen LogP contribution in [0.25, 0.3) is 10.9 Å². The van der Waals surface area contributed by atoms with Crippen LogP contribution in [0, 0.1) is 0 Å². The number of hydrogen-bond donors (Lipinski definition) is 2. The van der Waals surface area contributed by atoms with Gasteiger partial charge >= 0.3 is 0 Å². The first-order valence-electron chi connectivity index (χ1n) is 9.36. The standard InChI is InChI=1S/C18H21N3O5S4/c1-21-16-9-8-12(11-13(16)18(22)28-21)29(23,24)19-14-5-2-3-6-15(14)20-30(25,26)17-7-4-10-27-17/h4,7-11,14-15,19-20H,2-3,5-6H2,1H3/t14-,15+/m1/s1. The molecular weight excluding hydrogens is 466 g/mol. The van der Waals surface area contributed by atoms with Crippen LogP contribution in [-0.2, 0) is 27.1 Å². The monoisotopic (exact) mass is 487 g/mol. The Bertz CT molecular complexity index is 1320. The van der Waals surface area contributed by atoms with E-state index in [1.165, 1.54) is 18.2 Å². The SMILES string of the molecule is Cn1sc(=O)c2cc(S(=O)(=O)N[C@@H]3CCCC[C@@H]3NS(=O)(=O)c3cccs3)ccc21. The second-order valence-corrected chi connectivity index (χ2v) is 12.9. The Morgan fingerprint density at radius 3 is 2.30 bits per heavy atom. The van der Waals surface area contributed by atoms with Crippen molar-refractivity contribution >= 4 is 53.8 Å². The average molecular weight is 488 g/mol. The number of sulfonamides is 2. The molecule has 8 nitrogen and oxygen atoms in total. The highest BCUT2D eigenvalue weighted by Crippen LogP contribution is 2.25. The van der Waals surface area contributed by atoms with Crippen molar-refractivity contribution in [2.45, 2.75) is 46.9 Å². The van der Waals surface area contributed by atoms with E-state index in [2.05, 4.69) is 9.44 Å². The molecule has 0 radical (unpaired) electrons. The summed E-state index contributed by atoms with van der Waals surface area (Å²) in [5, 5.41) is 2.03. The van der Waals surface area contributed by atoms with Gasteiger partial charge in [-0.15, -0.1) is 11.3 Å². The highest BCUT2D eigenvalue weighted by atomic mass is 32.2. The van der Waals surface area contributed by atoms with Gasteiger partial charge in [0.1, 0.15) is 4.21 Å². The molecule has 2 atom stereocenters. The van der Waals surface area contributed by atoms with E-state index in [0.717, 1.165) is 35.7 Å². The van der Waals surface area contributed by atoms with Crippen molar-refractivity contribution in [2.24, 2.45) is 7.05 Å². The maximum Gasteiger partial charge on any atom is 0.257 e. The molecule has 0 amide bonds. The van der Waals surface area contributed by atoms with Gasteiger partial charge in [0.25, 0.3) is 4.74 Å². The van der Waals surface area contributed by atoms with Gasteiger partial charge < -0.3 is 0 Å². The van der Waals surface area contributed by atoms with Gasteiger partial charge in [0.05, 0.1) is 15.8 Å². The summed E-state index contributed by atoms with van der Waals surface area (Å²) in [6.07, 6.45) is 2.68. The van der Waals surface area contributed by atoms with Crippen molar-refractivity contribution in [1.82, 2.24) is 13.4 Å². The van der Waals surface area contributed by atoms with Crippen LogP contribution in [0.4, 0.5) is 0 Å². The fraction of sp³-hybridized carbons (Fsp3) is 0.389. The zero-order valence-corrected chi connectivity index (χ0v) is 19.3. The van der Waals surface area contributed by atoms with Gasteiger partial charge in [-0.05, 0) is 54.0 Å². The number of aryl methyl sites for hydroxylation is 1. The molecule has 3 aromatic rings. The number of benzene rings is 1. The number of nitrogens with zero attached hydrogens (tertiary/aromatic N) is 1. The Morgan fingerprint density at radius 2 is 1.67 bits per heavy atom. The number of rotatable bonds is 6. The predicted molar refractivity (Wildman–Crippen MR) is 118 cm³/mol. The maximum atomic E-state index is 13.0. The molecule has 30 heavy (non-hydrogen) atoms. The fourth-order valence-corrected chi connectivity index (χ4v) is 8.12. The molecule has 2 aromatic heterocycles. The lowest BCUT2D eigenvalue weighted by molar-refractivity contribution is 0.340. The Hall–Kier alpha value is -1.57. The molecular formula is C18H21N3O5S4. The number of aromatic nitrogens is 1. The summed E-state index contributed by atoms with van der Waals surface area (Å²) < 4.78 is 58.3. The predicted octanol–water partition coefficient (Wildman–Crippen LogP) is 2.23. The average Bonchev–Trinajstić information content (AvgIpc) is 3.32. The Labute approximate surface area is 182 Å². The molecule has 1 fully saturated rings. The second kappa shape index (κ2) is 8.17. The van der Waals surface area contributed by atoms with Crippen LogP contribution < -0.4 is 14.2 Å². The number of hydrogen-bond acceptors (Lipinski definition) is 7.